The number of rotatable bonds is 5. The summed E-state index contributed by atoms with van der Waals surface area (Å²) >= 11 is 0. The standard InChI is InChI=1S/C17H20N2O/c1-12-6-8-15(9-7-12)13(2)19-11-14-4-3-5-16(10-14)17(18)20/h3-10,13,19H,11H2,1-2H3,(H2,18,20)/t13-/m0/s1. The van der Waals surface area contributed by atoms with Crippen molar-refractivity contribution in [3.05, 3.63) is 70.8 Å². The van der Waals surface area contributed by atoms with Gasteiger partial charge in [-0.15, -0.1) is 0 Å². The molecule has 0 bridgehead atoms. The Hall–Kier alpha value is -2.13. The molecule has 0 spiro atoms. The van der Waals surface area contributed by atoms with Crippen LogP contribution in [0.2, 0.25) is 0 Å². The third-order valence-electron chi connectivity index (χ3n) is 3.40. The molecule has 1 amide bonds. The molecular formula is C17H20N2O. The molecule has 0 aliphatic rings. The van der Waals surface area contributed by atoms with Crippen molar-refractivity contribution in [3.63, 3.8) is 0 Å². The SMILES string of the molecule is Cc1ccc([C@H](C)NCc2cccc(C(N)=O)c2)cc1. The van der Waals surface area contributed by atoms with E-state index in [1.807, 2.05) is 18.2 Å². The lowest BCUT2D eigenvalue weighted by atomic mass is 10.1. The van der Waals surface area contributed by atoms with Crippen molar-refractivity contribution in [2.75, 3.05) is 0 Å². The van der Waals surface area contributed by atoms with Crippen molar-refractivity contribution >= 4 is 5.91 Å². The van der Waals surface area contributed by atoms with E-state index in [0.717, 1.165) is 5.56 Å². The summed E-state index contributed by atoms with van der Waals surface area (Å²) in [6, 6.07) is 16.1. The van der Waals surface area contributed by atoms with Crippen molar-refractivity contribution in [2.24, 2.45) is 5.73 Å². The third kappa shape index (κ3) is 3.68. The first-order chi connectivity index (χ1) is 9.56. The van der Waals surface area contributed by atoms with E-state index >= 15 is 0 Å². The predicted molar refractivity (Wildman–Crippen MR) is 81.4 cm³/mol. The van der Waals surface area contributed by atoms with Crippen LogP contribution in [0.25, 0.3) is 0 Å². The molecule has 2 aromatic rings. The Kier molecular flexibility index (Phi) is 4.53. The van der Waals surface area contributed by atoms with Gasteiger partial charge in [-0.3, -0.25) is 4.79 Å². The largest absolute Gasteiger partial charge is 0.366 e. The molecule has 1 atom stereocenters. The van der Waals surface area contributed by atoms with Crippen LogP contribution in [-0.2, 0) is 6.54 Å². The van der Waals surface area contributed by atoms with Gasteiger partial charge in [0.05, 0.1) is 0 Å². The van der Waals surface area contributed by atoms with E-state index in [2.05, 4.69) is 43.4 Å². The summed E-state index contributed by atoms with van der Waals surface area (Å²) in [4.78, 5) is 11.1. The van der Waals surface area contributed by atoms with Crippen molar-refractivity contribution in [3.8, 4) is 0 Å². The normalized spacial score (nSPS) is 12.1. The Morgan fingerprint density at radius 3 is 2.55 bits per heavy atom. The number of nitrogens with two attached hydrogens (primary N) is 1. The maximum Gasteiger partial charge on any atom is 0.248 e. The third-order valence-corrected chi connectivity index (χ3v) is 3.40. The fourth-order valence-corrected chi connectivity index (χ4v) is 2.08. The molecular weight excluding hydrogens is 248 g/mol. The molecule has 2 rings (SSSR count). The molecule has 0 fully saturated rings. The number of benzene rings is 2. The highest BCUT2D eigenvalue weighted by atomic mass is 16.1. The highest BCUT2D eigenvalue weighted by molar-refractivity contribution is 5.92. The van der Waals surface area contributed by atoms with Crippen molar-refractivity contribution < 1.29 is 4.79 Å². The minimum Gasteiger partial charge on any atom is -0.366 e. The molecule has 0 saturated heterocycles. The lowest BCUT2D eigenvalue weighted by molar-refractivity contribution is 0.1000. The van der Waals surface area contributed by atoms with E-state index in [4.69, 9.17) is 5.73 Å². The fraction of sp³-hybridized carbons (Fsp3) is 0.235. The minimum absolute atomic E-state index is 0.257. The van der Waals surface area contributed by atoms with Gasteiger partial charge >= 0.3 is 0 Å². The number of hydrogen-bond donors (Lipinski definition) is 2. The van der Waals surface area contributed by atoms with Crippen LogP contribution >= 0.6 is 0 Å². The number of carbonyl (C=O) groups excluding carboxylic acids is 1. The Morgan fingerprint density at radius 2 is 1.90 bits per heavy atom. The number of amides is 1. The molecule has 20 heavy (non-hydrogen) atoms. The molecule has 0 heterocycles. The Morgan fingerprint density at radius 1 is 1.20 bits per heavy atom. The Balaban J connectivity index is 1.99. The first-order valence-electron chi connectivity index (χ1n) is 6.75. The number of primary amides is 1. The molecule has 0 aromatic heterocycles. The molecule has 3 nitrogen and oxygen atoms in total. The summed E-state index contributed by atoms with van der Waals surface area (Å²) in [5, 5.41) is 3.45. The predicted octanol–water partition coefficient (Wildman–Crippen LogP) is 2.94. The van der Waals surface area contributed by atoms with Crippen LogP contribution in [0, 0.1) is 6.92 Å². The van der Waals surface area contributed by atoms with Gasteiger partial charge in [-0.25, -0.2) is 0 Å². The molecule has 2 aromatic carbocycles. The second kappa shape index (κ2) is 6.35. The monoisotopic (exact) mass is 268 g/mol. The van der Waals surface area contributed by atoms with E-state index in [9.17, 15) is 4.79 Å². The van der Waals surface area contributed by atoms with Gasteiger partial charge < -0.3 is 11.1 Å². The topological polar surface area (TPSA) is 55.1 Å². The smallest absolute Gasteiger partial charge is 0.248 e. The maximum absolute atomic E-state index is 11.1. The molecule has 0 saturated carbocycles. The van der Waals surface area contributed by atoms with Crippen LogP contribution in [0.4, 0.5) is 0 Å². The molecule has 3 N–H and O–H groups in total. The first kappa shape index (κ1) is 14.3. The number of carbonyl (C=O) groups is 1. The average molecular weight is 268 g/mol. The van der Waals surface area contributed by atoms with Crippen LogP contribution in [0.1, 0.15) is 40.0 Å². The summed E-state index contributed by atoms with van der Waals surface area (Å²) in [5.41, 5.74) is 9.40. The van der Waals surface area contributed by atoms with Gasteiger partial charge in [0, 0.05) is 18.2 Å². The summed E-state index contributed by atoms with van der Waals surface area (Å²) in [5.74, 6) is -0.390. The molecule has 0 radical (unpaired) electrons. The van der Waals surface area contributed by atoms with Crippen molar-refractivity contribution in [1.29, 1.82) is 0 Å². The van der Waals surface area contributed by atoms with Crippen LogP contribution in [0.3, 0.4) is 0 Å². The van der Waals surface area contributed by atoms with Crippen molar-refractivity contribution in [1.82, 2.24) is 5.32 Å². The van der Waals surface area contributed by atoms with E-state index in [1.54, 1.807) is 6.07 Å². The molecule has 0 aliphatic carbocycles. The van der Waals surface area contributed by atoms with E-state index in [1.165, 1.54) is 11.1 Å². The zero-order valence-electron chi connectivity index (χ0n) is 11.9. The van der Waals surface area contributed by atoms with Crippen LogP contribution in [-0.4, -0.2) is 5.91 Å². The number of nitrogens with one attached hydrogen (secondary N) is 1. The Bertz CT molecular complexity index is 590. The molecule has 3 heteroatoms. The van der Waals surface area contributed by atoms with Gasteiger partial charge in [-0.1, -0.05) is 42.0 Å². The first-order valence-corrected chi connectivity index (χ1v) is 6.75. The van der Waals surface area contributed by atoms with Crippen molar-refractivity contribution in [2.45, 2.75) is 26.4 Å². The summed E-state index contributed by atoms with van der Waals surface area (Å²) < 4.78 is 0. The minimum atomic E-state index is -0.390. The highest BCUT2D eigenvalue weighted by Crippen LogP contribution is 2.14. The van der Waals surface area contributed by atoms with E-state index < -0.39 is 5.91 Å². The number of aryl methyl sites for hydroxylation is 1. The highest BCUT2D eigenvalue weighted by Gasteiger charge is 2.06. The molecule has 0 unspecified atom stereocenters. The second-order valence-electron chi connectivity index (χ2n) is 5.08. The second-order valence-corrected chi connectivity index (χ2v) is 5.08. The fourth-order valence-electron chi connectivity index (χ4n) is 2.08. The van der Waals surface area contributed by atoms with Crippen LogP contribution in [0.15, 0.2) is 48.5 Å². The van der Waals surface area contributed by atoms with Crippen LogP contribution in [0.5, 0.6) is 0 Å². The zero-order chi connectivity index (χ0) is 14.5. The number of hydrogen-bond acceptors (Lipinski definition) is 2. The summed E-state index contributed by atoms with van der Waals surface area (Å²) in [6.45, 7) is 4.91. The van der Waals surface area contributed by atoms with Gasteiger partial charge in [-0.2, -0.15) is 0 Å². The quantitative estimate of drug-likeness (QED) is 0.876. The van der Waals surface area contributed by atoms with Gasteiger partial charge in [0.1, 0.15) is 0 Å². The summed E-state index contributed by atoms with van der Waals surface area (Å²) in [7, 11) is 0. The van der Waals surface area contributed by atoms with Gasteiger partial charge in [0.25, 0.3) is 0 Å². The lowest BCUT2D eigenvalue weighted by Crippen LogP contribution is -2.18. The lowest BCUT2D eigenvalue weighted by Gasteiger charge is -2.15. The van der Waals surface area contributed by atoms with E-state index in [0.29, 0.717) is 12.1 Å². The summed E-state index contributed by atoms with van der Waals surface area (Å²) in [6.07, 6.45) is 0. The van der Waals surface area contributed by atoms with Gasteiger partial charge in [-0.05, 0) is 37.1 Å². The van der Waals surface area contributed by atoms with E-state index in [-0.39, 0.29) is 6.04 Å². The molecule has 104 valence electrons. The zero-order valence-corrected chi connectivity index (χ0v) is 11.9. The molecule has 0 aliphatic heterocycles. The Labute approximate surface area is 119 Å². The van der Waals surface area contributed by atoms with Crippen LogP contribution < -0.4 is 11.1 Å². The van der Waals surface area contributed by atoms with Gasteiger partial charge in [0.2, 0.25) is 5.91 Å². The average Bonchev–Trinajstić information content (AvgIpc) is 2.46. The van der Waals surface area contributed by atoms with Gasteiger partial charge in [0.15, 0.2) is 0 Å². The maximum atomic E-state index is 11.1.